The van der Waals surface area contributed by atoms with Crippen LogP contribution in [0.3, 0.4) is 0 Å². The van der Waals surface area contributed by atoms with E-state index in [0.29, 0.717) is 25.3 Å². The van der Waals surface area contributed by atoms with Crippen LogP contribution < -0.4 is 11.0 Å². The third kappa shape index (κ3) is 3.30. The lowest BCUT2D eigenvalue weighted by molar-refractivity contribution is -0.126. The second-order valence-corrected chi connectivity index (χ2v) is 5.86. The number of carbonyl (C=O) groups is 1. The Morgan fingerprint density at radius 3 is 3.04 bits per heavy atom. The van der Waals surface area contributed by atoms with Gasteiger partial charge in [0, 0.05) is 30.9 Å². The second kappa shape index (κ2) is 6.31. The first-order chi connectivity index (χ1) is 11.0. The zero-order chi connectivity index (χ0) is 16.4. The van der Waals surface area contributed by atoms with Gasteiger partial charge < -0.3 is 5.32 Å². The molecule has 2 aromatic rings. The number of nitrogens with zero attached hydrogens (tertiary/aromatic N) is 5. The molecule has 23 heavy (non-hydrogen) atoms. The zero-order valence-corrected chi connectivity index (χ0v) is 13.3. The molecular weight excluding hydrogens is 296 g/mol. The summed E-state index contributed by atoms with van der Waals surface area (Å²) in [7, 11) is 0. The van der Waals surface area contributed by atoms with E-state index in [0.717, 1.165) is 24.4 Å². The van der Waals surface area contributed by atoms with E-state index in [2.05, 4.69) is 20.4 Å². The maximum Gasteiger partial charge on any atom is 0.348 e. The van der Waals surface area contributed by atoms with Gasteiger partial charge in [0.1, 0.15) is 12.2 Å². The minimum atomic E-state index is -0.276. The highest BCUT2D eigenvalue weighted by atomic mass is 16.2. The number of aryl methyl sites for hydroxylation is 3. The van der Waals surface area contributed by atoms with E-state index in [1.807, 2.05) is 13.0 Å². The number of amides is 1. The van der Waals surface area contributed by atoms with E-state index < -0.39 is 0 Å². The van der Waals surface area contributed by atoms with Crippen molar-refractivity contribution >= 4 is 5.91 Å². The first-order valence-corrected chi connectivity index (χ1v) is 7.74. The fourth-order valence-electron chi connectivity index (χ4n) is 2.93. The van der Waals surface area contributed by atoms with Crippen molar-refractivity contribution in [1.29, 1.82) is 0 Å². The SMILES string of the molecule is Cc1cc(C)n(CCNC(=O)C2CCc3ncnn3C2)c(=O)n1. The van der Waals surface area contributed by atoms with Gasteiger partial charge in [-0.1, -0.05) is 0 Å². The van der Waals surface area contributed by atoms with Crippen molar-refractivity contribution in [1.82, 2.24) is 29.6 Å². The van der Waals surface area contributed by atoms with Crippen LogP contribution in [0.2, 0.25) is 0 Å². The van der Waals surface area contributed by atoms with Crippen molar-refractivity contribution in [2.75, 3.05) is 6.54 Å². The Morgan fingerprint density at radius 2 is 2.26 bits per heavy atom. The summed E-state index contributed by atoms with van der Waals surface area (Å²) >= 11 is 0. The Kier molecular flexibility index (Phi) is 4.22. The smallest absolute Gasteiger partial charge is 0.348 e. The van der Waals surface area contributed by atoms with Crippen molar-refractivity contribution in [2.24, 2.45) is 5.92 Å². The fraction of sp³-hybridized carbons (Fsp3) is 0.533. The van der Waals surface area contributed by atoms with Gasteiger partial charge in [-0.25, -0.2) is 14.5 Å². The first-order valence-electron chi connectivity index (χ1n) is 7.74. The van der Waals surface area contributed by atoms with Crippen LogP contribution in [0.15, 0.2) is 17.2 Å². The van der Waals surface area contributed by atoms with Crippen LogP contribution in [0.25, 0.3) is 0 Å². The molecule has 3 rings (SSSR count). The Morgan fingerprint density at radius 1 is 1.43 bits per heavy atom. The number of aromatic nitrogens is 5. The van der Waals surface area contributed by atoms with Gasteiger partial charge in [0.25, 0.3) is 0 Å². The molecule has 1 unspecified atom stereocenters. The summed E-state index contributed by atoms with van der Waals surface area (Å²) in [6.45, 7) is 5.05. The van der Waals surface area contributed by atoms with Gasteiger partial charge in [-0.2, -0.15) is 10.1 Å². The predicted octanol–water partition coefficient (Wildman–Crippen LogP) is -0.170. The van der Waals surface area contributed by atoms with Gasteiger partial charge in [-0.3, -0.25) is 9.36 Å². The molecular formula is C15H20N6O2. The van der Waals surface area contributed by atoms with E-state index >= 15 is 0 Å². The first kappa shape index (κ1) is 15.4. The molecule has 1 atom stereocenters. The van der Waals surface area contributed by atoms with Gasteiger partial charge in [0.05, 0.1) is 12.5 Å². The van der Waals surface area contributed by atoms with Gasteiger partial charge in [-0.15, -0.1) is 0 Å². The van der Waals surface area contributed by atoms with Gasteiger partial charge in [0.15, 0.2) is 0 Å². The molecule has 0 fully saturated rings. The molecule has 0 radical (unpaired) electrons. The lowest BCUT2D eigenvalue weighted by atomic mass is 9.99. The molecule has 3 heterocycles. The van der Waals surface area contributed by atoms with Gasteiger partial charge >= 0.3 is 5.69 Å². The quantitative estimate of drug-likeness (QED) is 0.845. The van der Waals surface area contributed by atoms with E-state index in [9.17, 15) is 9.59 Å². The lowest BCUT2D eigenvalue weighted by Gasteiger charge is -2.22. The van der Waals surface area contributed by atoms with E-state index in [1.54, 1.807) is 16.2 Å². The van der Waals surface area contributed by atoms with Crippen molar-refractivity contribution in [3.05, 3.63) is 40.1 Å². The third-order valence-corrected chi connectivity index (χ3v) is 4.16. The summed E-state index contributed by atoms with van der Waals surface area (Å²) in [5.74, 6) is 0.831. The average molecular weight is 316 g/mol. The van der Waals surface area contributed by atoms with E-state index in [-0.39, 0.29) is 17.5 Å². The van der Waals surface area contributed by atoms with E-state index in [4.69, 9.17) is 0 Å². The second-order valence-electron chi connectivity index (χ2n) is 5.86. The van der Waals surface area contributed by atoms with Crippen molar-refractivity contribution in [3.8, 4) is 0 Å². The molecule has 0 saturated heterocycles. The topological polar surface area (TPSA) is 94.7 Å². The number of rotatable bonds is 4. The lowest BCUT2D eigenvalue weighted by Crippen LogP contribution is -2.39. The van der Waals surface area contributed by atoms with Crippen molar-refractivity contribution < 1.29 is 4.79 Å². The Hall–Kier alpha value is -2.51. The average Bonchev–Trinajstić information content (AvgIpc) is 2.97. The molecule has 8 heteroatoms. The van der Waals surface area contributed by atoms with Crippen molar-refractivity contribution in [3.63, 3.8) is 0 Å². The number of hydrogen-bond acceptors (Lipinski definition) is 5. The summed E-state index contributed by atoms with van der Waals surface area (Å²) < 4.78 is 3.36. The molecule has 1 N–H and O–H groups in total. The van der Waals surface area contributed by atoms with Crippen molar-refractivity contribution in [2.45, 2.75) is 39.8 Å². The highest BCUT2D eigenvalue weighted by Crippen LogP contribution is 2.17. The van der Waals surface area contributed by atoms with Crippen LogP contribution in [-0.2, 0) is 24.3 Å². The summed E-state index contributed by atoms with van der Waals surface area (Å²) in [4.78, 5) is 32.2. The summed E-state index contributed by atoms with van der Waals surface area (Å²) in [5, 5.41) is 7.03. The van der Waals surface area contributed by atoms with Gasteiger partial charge in [0.2, 0.25) is 5.91 Å². The minimum Gasteiger partial charge on any atom is -0.354 e. The number of carbonyl (C=O) groups excluding carboxylic acids is 1. The maximum absolute atomic E-state index is 12.3. The number of nitrogens with one attached hydrogen (secondary N) is 1. The third-order valence-electron chi connectivity index (χ3n) is 4.16. The molecule has 1 aliphatic heterocycles. The molecule has 122 valence electrons. The highest BCUT2D eigenvalue weighted by Gasteiger charge is 2.25. The maximum atomic E-state index is 12.3. The Balaban J connectivity index is 1.55. The Bertz CT molecular complexity index is 779. The molecule has 8 nitrogen and oxygen atoms in total. The zero-order valence-electron chi connectivity index (χ0n) is 13.3. The molecule has 0 bridgehead atoms. The predicted molar refractivity (Wildman–Crippen MR) is 82.8 cm³/mol. The number of hydrogen-bond donors (Lipinski definition) is 1. The normalized spacial score (nSPS) is 16.9. The molecule has 0 spiro atoms. The fourth-order valence-corrected chi connectivity index (χ4v) is 2.93. The Labute approximate surface area is 133 Å². The molecule has 0 saturated carbocycles. The largest absolute Gasteiger partial charge is 0.354 e. The molecule has 0 aliphatic carbocycles. The molecule has 0 aromatic carbocycles. The summed E-state index contributed by atoms with van der Waals surface area (Å²) in [6.07, 6.45) is 3.06. The number of fused-ring (bicyclic) bond motifs is 1. The van der Waals surface area contributed by atoms with E-state index in [1.165, 1.54) is 6.33 Å². The van der Waals surface area contributed by atoms with Crippen LogP contribution >= 0.6 is 0 Å². The summed E-state index contributed by atoms with van der Waals surface area (Å²) in [6, 6.07) is 1.86. The minimum absolute atomic E-state index is 0.00285. The van der Waals surface area contributed by atoms with Crippen LogP contribution in [-0.4, -0.2) is 36.8 Å². The van der Waals surface area contributed by atoms with Crippen LogP contribution in [0.4, 0.5) is 0 Å². The summed E-state index contributed by atoms with van der Waals surface area (Å²) in [5.41, 5.74) is 1.28. The molecule has 1 aliphatic rings. The van der Waals surface area contributed by atoms with Crippen LogP contribution in [0.5, 0.6) is 0 Å². The van der Waals surface area contributed by atoms with Crippen LogP contribution in [0.1, 0.15) is 23.6 Å². The van der Waals surface area contributed by atoms with Crippen LogP contribution in [0, 0.1) is 19.8 Å². The monoisotopic (exact) mass is 316 g/mol. The molecule has 2 aromatic heterocycles. The van der Waals surface area contributed by atoms with Gasteiger partial charge in [-0.05, 0) is 26.3 Å². The standard InChI is InChI=1S/C15H20N6O2/c1-10-7-11(2)20(15(23)19-10)6-5-16-14(22)12-3-4-13-17-9-18-21(13)8-12/h7,9,12H,3-6,8H2,1-2H3,(H,16,22). The highest BCUT2D eigenvalue weighted by molar-refractivity contribution is 5.78. The molecule has 1 amide bonds.